The highest BCUT2D eigenvalue weighted by Crippen LogP contribution is 2.56. The molecule has 2 atom stereocenters. The van der Waals surface area contributed by atoms with Gasteiger partial charge in [0.2, 0.25) is 0 Å². The van der Waals surface area contributed by atoms with Gasteiger partial charge in [0.1, 0.15) is 0 Å². The van der Waals surface area contributed by atoms with Crippen LogP contribution in [0.2, 0.25) is 0 Å². The zero-order chi connectivity index (χ0) is 9.76. The summed E-state index contributed by atoms with van der Waals surface area (Å²) in [6, 6.07) is 6.99. The number of hydrogen-bond acceptors (Lipinski definition) is 1. The average molecular weight is 224 g/mol. The van der Waals surface area contributed by atoms with Gasteiger partial charge in [0.05, 0.1) is 0 Å². The molecule has 0 radical (unpaired) electrons. The summed E-state index contributed by atoms with van der Waals surface area (Å²) in [5.41, 5.74) is 4.94. The molecule has 2 aliphatic rings. The van der Waals surface area contributed by atoms with Crippen molar-refractivity contribution in [1.82, 2.24) is 5.32 Å². The number of rotatable bonds is 1. The maximum atomic E-state index is 3.50. The van der Waals surface area contributed by atoms with Crippen molar-refractivity contribution < 1.29 is 0 Å². The van der Waals surface area contributed by atoms with Gasteiger partial charge < -0.3 is 5.32 Å². The minimum absolute atomic E-state index is 0. The van der Waals surface area contributed by atoms with Crippen LogP contribution in [0.1, 0.15) is 23.1 Å². The molecule has 1 aromatic carbocycles. The standard InChI is InChI=1S/C13H17N.ClH/c1-9-3-4-11(5-10(9)2)13-6-12(13)7-14-8-13;/h3-5,12,14H,6-8H2,1-2H3;1H. The maximum Gasteiger partial charge on any atom is 0.0122 e. The van der Waals surface area contributed by atoms with E-state index in [-0.39, 0.29) is 12.4 Å². The van der Waals surface area contributed by atoms with E-state index < -0.39 is 0 Å². The Kier molecular flexibility index (Phi) is 2.56. The van der Waals surface area contributed by atoms with Gasteiger partial charge in [0.25, 0.3) is 0 Å². The lowest BCUT2D eigenvalue weighted by molar-refractivity contribution is 0.675. The molecule has 2 fully saturated rings. The molecule has 2 unspecified atom stereocenters. The van der Waals surface area contributed by atoms with Crippen molar-refractivity contribution in [3.05, 3.63) is 34.9 Å². The van der Waals surface area contributed by atoms with Gasteiger partial charge in [-0.25, -0.2) is 0 Å². The van der Waals surface area contributed by atoms with E-state index in [1.165, 1.54) is 30.6 Å². The Hall–Kier alpha value is -0.530. The first-order chi connectivity index (χ1) is 6.72. The summed E-state index contributed by atoms with van der Waals surface area (Å²) in [5.74, 6) is 0.921. The van der Waals surface area contributed by atoms with Gasteiger partial charge in [-0.2, -0.15) is 0 Å². The Balaban J connectivity index is 0.000000853. The molecule has 1 aliphatic carbocycles. The van der Waals surface area contributed by atoms with E-state index in [2.05, 4.69) is 37.4 Å². The van der Waals surface area contributed by atoms with Crippen LogP contribution in [0.3, 0.4) is 0 Å². The molecule has 0 amide bonds. The zero-order valence-corrected chi connectivity index (χ0v) is 10.2. The van der Waals surface area contributed by atoms with Crippen molar-refractivity contribution in [2.24, 2.45) is 5.92 Å². The molecule has 0 spiro atoms. The summed E-state index contributed by atoms with van der Waals surface area (Å²) in [4.78, 5) is 0. The lowest BCUT2D eigenvalue weighted by Gasteiger charge is -2.13. The second-order valence-corrected chi connectivity index (χ2v) is 4.99. The molecule has 1 aliphatic heterocycles. The highest BCUT2D eigenvalue weighted by Gasteiger charge is 2.57. The summed E-state index contributed by atoms with van der Waals surface area (Å²) in [6.45, 7) is 6.83. The van der Waals surface area contributed by atoms with Gasteiger partial charge in [0.15, 0.2) is 0 Å². The van der Waals surface area contributed by atoms with E-state index in [9.17, 15) is 0 Å². The van der Waals surface area contributed by atoms with Crippen LogP contribution in [-0.2, 0) is 5.41 Å². The minimum atomic E-state index is 0. The Bertz CT molecular complexity index is 388. The van der Waals surface area contributed by atoms with Crippen LogP contribution in [0, 0.1) is 19.8 Å². The zero-order valence-electron chi connectivity index (χ0n) is 9.34. The number of aryl methyl sites for hydroxylation is 2. The van der Waals surface area contributed by atoms with E-state index in [1.807, 2.05) is 0 Å². The van der Waals surface area contributed by atoms with Gasteiger partial charge in [-0.05, 0) is 49.4 Å². The van der Waals surface area contributed by atoms with Crippen LogP contribution >= 0.6 is 12.4 Å². The summed E-state index contributed by atoms with van der Waals surface area (Å²) >= 11 is 0. The molecular formula is C13H18ClN. The molecule has 3 rings (SSSR count). The minimum Gasteiger partial charge on any atom is -0.316 e. The number of benzene rings is 1. The number of piperidine rings is 1. The maximum absolute atomic E-state index is 3.50. The summed E-state index contributed by atoms with van der Waals surface area (Å²) < 4.78 is 0. The van der Waals surface area contributed by atoms with Gasteiger partial charge in [-0.3, -0.25) is 0 Å². The molecular weight excluding hydrogens is 206 g/mol. The number of halogens is 1. The van der Waals surface area contributed by atoms with Crippen LogP contribution in [0.5, 0.6) is 0 Å². The van der Waals surface area contributed by atoms with Crippen LogP contribution in [0.15, 0.2) is 18.2 Å². The Morgan fingerprint density at radius 2 is 2.07 bits per heavy atom. The second kappa shape index (κ2) is 3.50. The first-order valence-corrected chi connectivity index (χ1v) is 5.51. The largest absolute Gasteiger partial charge is 0.316 e. The fourth-order valence-electron chi connectivity index (χ4n) is 2.84. The van der Waals surface area contributed by atoms with Crippen molar-refractivity contribution in [1.29, 1.82) is 0 Å². The predicted molar refractivity (Wildman–Crippen MR) is 65.8 cm³/mol. The number of fused-ring (bicyclic) bond motifs is 1. The Morgan fingerprint density at radius 1 is 1.27 bits per heavy atom. The molecule has 0 aromatic heterocycles. The predicted octanol–water partition coefficient (Wildman–Crippen LogP) is 2.59. The van der Waals surface area contributed by atoms with Crippen molar-refractivity contribution in [3.8, 4) is 0 Å². The normalized spacial score (nSPS) is 32.0. The molecule has 1 saturated heterocycles. The lowest BCUT2D eigenvalue weighted by atomic mass is 9.92. The lowest BCUT2D eigenvalue weighted by Crippen LogP contribution is -2.19. The summed E-state index contributed by atoms with van der Waals surface area (Å²) in [6.07, 6.45) is 1.41. The molecule has 1 nitrogen and oxygen atoms in total. The Morgan fingerprint density at radius 3 is 2.60 bits per heavy atom. The smallest absolute Gasteiger partial charge is 0.0122 e. The molecule has 1 heterocycles. The fourth-order valence-corrected chi connectivity index (χ4v) is 2.84. The molecule has 82 valence electrons. The van der Waals surface area contributed by atoms with Crippen molar-refractivity contribution >= 4 is 12.4 Å². The quantitative estimate of drug-likeness (QED) is 0.772. The number of hydrogen-bond donors (Lipinski definition) is 1. The first-order valence-electron chi connectivity index (χ1n) is 5.51. The van der Waals surface area contributed by atoms with Crippen LogP contribution in [-0.4, -0.2) is 13.1 Å². The third-order valence-electron chi connectivity index (χ3n) is 4.15. The van der Waals surface area contributed by atoms with E-state index in [0.717, 1.165) is 5.92 Å². The number of nitrogens with one attached hydrogen (secondary N) is 1. The van der Waals surface area contributed by atoms with Gasteiger partial charge in [-0.15, -0.1) is 12.4 Å². The summed E-state index contributed by atoms with van der Waals surface area (Å²) in [5, 5.41) is 3.50. The topological polar surface area (TPSA) is 12.0 Å². The van der Waals surface area contributed by atoms with E-state index in [1.54, 1.807) is 5.56 Å². The monoisotopic (exact) mass is 223 g/mol. The highest BCUT2D eigenvalue weighted by molar-refractivity contribution is 5.85. The average Bonchev–Trinajstić information content (AvgIpc) is 2.75. The van der Waals surface area contributed by atoms with E-state index in [4.69, 9.17) is 0 Å². The molecule has 1 aromatic rings. The first kappa shape index (κ1) is 11.0. The van der Waals surface area contributed by atoms with Gasteiger partial charge in [-0.1, -0.05) is 18.2 Å². The van der Waals surface area contributed by atoms with Crippen LogP contribution in [0.4, 0.5) is 0 Å². The van der Waals surface area contributed by atoms with Crippen molar-refractivity contribution in [3.63, 3.8) is 0 Å². The third-order valence-corrected chi connectivity index (χ3v) is 4.15. The fraction of sp³-hybridized carbons (Fsp3) is 0.538. The second-order valence-electron chi connectivity index (χ2n) is 4.99. The van der Waals surface area contributed by atoms with Crippen LogP contribution in [0.25, 0.3) is 0 Å². The third kappa shape index (κ3) is 1.49. The van der Waals surface area contributed by atoms with Crippen molar-refractivity contribution in [2.75, 3.05) is 13.1 Å². The molecule has 1 N–H and O–H groups in total. The van der Waals surface area contributed by atoms with Gasteiger partial charge in [0, 0.05) is 12.0 Å². The van der Waals surface area contributed by atoms with Crippen LogP contribution < -0.4 is 5.32 Å². The van der Waals surface area contributed by atoms with Crippen molar-refractivity contribution in [2.45, 2.75) is 25.7 Å². The highest BCUT2D eigenvalue weighted by atomic mass is 35.5. The molecule has 1 saturated carbocycles. The van der Waals surface area contributed by atoms with Gasteiger partial charge >= 0.3 is 0 Å². The summed E-state index contributed by atoms with van der Waals surface area (Å²) in [7, 11) is 0. The molecule has 15 heavy (non-hydrogen) atoms. The van der Waals surface area contributed by atoms with E-state index in [0.29, 0.717) is 5.41 Å². The molecule has 0 bridgehead atoms. The molecule has 2 heteroatoms. The Labute approximate surface area is 97.7 Å². The van der Waals surface area contributed by atoms with E-state index >= 15 is 0 Å². The SMILES string of the molecule is Cc1ccc(C23CNCC2C3)cc1C.Cl.